The first-order valence-electron chi connectivity index (χ1n) is 23.8. The van der Waals surface area contributed by atoms with Crippen LogP contribution in [0.5, 0.6) is 0 Å². The quantitative estimate of drug-likeness (QED) is 0.0350. The summed E-state index contributed by atoms with van der Waals surface area (Å²) in [5.74, 6) is 0.835. The molecule has 6 heteroatoms. The van der Waals surface area contributed by atoms with E-state index in [1.165, 1.54) is 148 Å². The molecule has 0 N–H and O–H groups in total. The molecule has 320 valence electrons. The highest BCUT2D eigenvalue weighted by atomic mass is 16.6. The summed E-state index contributed by atoms with van der Waals surface area (Å²) in [6.45, 7) is 11.4. The third kappa shape index (κ3) is 38.7. The largest absolute Gasteiger partial charge is 0.462 e. The van der Waals surface area contributed by atoms with Crippen LogP contribution in [0.2, 0.25) is 0 Å². The van der Waals surface area contributed by atoms with Crippen LogP contribution < -0.4 is 0 Å². The van der Waals surface area contributed by atoms with Crippen molar-refractivity contribution in [3.8, 4) is 0 Å². The van der Waals surface area contributed by atoms with E-state index in [4.69, 9.17) is 14.2 Å². The summed E-state index contributed by atoms with van der Waals surface area (Å²) >= 11 is 0. The van der Waals surface area contributed by atoms with E-state index in [0.717, 1.165) is 69.6 Å². The van der Waals surface area contributed by atoms with Gasteiger partial charge in [0, 0.05) is 19.3 Å². The van der Waals surface area contributed by atoms with E-state index in [1.807, 2.05) is 0 Å². The molecule has 0 amide bonds. The molecular formula is C48H92O6. The van der Waals surface area contributed by atoms with Crippen molar-refractivity contribution in [1.82, 2.24) is 0 Å². The van der Waals surface area contributed by atoms with E-state index in [2.05, 4.69) is 34.6 Å². The zero-order valence-corrected chi connectivity index (χ0v) is 36.8. The smallest absolute Gasteiger partial charge is 0.306 e. The van der Waals surface area contributed by atoms with Gasteiger partial charge in [0.05, 0.1) is 0 Å². The van der Waals surface area contributed by atoms with Gasteiger partial charge in [0.15, 0.2) is 6.10 Å². The number of hydrogen-bond donors (Lipinski definition) is 0. The predicted molar refractivity (Wildman–Crippen MR) is 229 cm³/mol. The molecule has 0 aliphatic rings. The lowest BCUT2D eigenvalue weighted by Crippen LogP contribution is -2.30. The molecule has 0 aromatic rings. The van der Waals surface area contributed by atoms with Gasteiger partial charge in [-0.15, -0.1) is 0 Å². The Morgan fingerprint density at radius 2 is 0.648 bits per heavy atom. The van der Waals surface area contributed by atoms with Gasteiger partial charge in [-0.3, -0.25) is 14.4 Å². The minimum absolute atomic E-state index is 0.0650. The Kier molecular flexibility index (Phi) is 39.8. The van der Waals surface area contributed by atoms with Crippen molar-refractivity contribution in [2.24, 2.45) is 11.8 Å². The highest BCUT2D eigenvalue weighted by Gasteiger charge is 2.19. The molecule has 0 fully saturated rings. The van der Waals surface area contributed by atoms with E-state index in [1.54, 1.807) is 0 Å². The molecule has 0 rings (SSSR count). The number of ether oxygens (including phenoxy) is 3. The Bertz CT molecular complexity index is 828. The minimum atomic E-state index is -0.761. The van der Waals surface area contributed by atoms with Gasteiger partial charge in [0.2, 0.25) is 0 Å². The van der Waals surface area contributed by atoms with Gasteiger partial charge in [-0.2, -0.15) is 0 Å². The summed E-state index contributed by atoms with van der Waals surface area (Å²) in [5, 5.41) is 0. The number of hydrogen-bond acceptors (Lipinski definition) is 6. The molecule has 0 aromatic carbocycles. The highest BCUT2D eigenvalue weighted by molar-refractivity contribution is 5.71. The van der Waals surface area contributed by atoms with E-state index in [9.17, 15) is 14.4 Å². The van der Waals surface area contributed by atoms with E-state index in [-0.39, 0.29) is 31.1 Å². The van der Waals surface area contributed by atoms with Crippen LogP contribution in [0.1, 0.15) is 259 Å². The van der Waals surface area contributed by atoms with Crippen molar-refractivity contribution in [3.63, 3.8) is 0 Å². The summed E-state index contributed by atoms with van der Waals surface area (Å²) in [5.41, 5.74) is 0. The van der Waals surface area contributed by atoms with Crippen LogP contribution in [0, 0.1) is 11.8 Å². The average molecular weight is 765 g/mol. The van der Waals surface area contributed by atoms with Crippen LogP contribution in [0.15, 0.2) is 0 Å². The first kappa shape index (κ1) is 52.4. The topological polar surface area (TPSA) is 78.9 Å². The van der Waals surface area contributed by atoms with Crippen molar-refractivity contribution < 1.29 is 28.6 Å². The first-order chi connectivity index (χ1) is 26.3. The number of esters is 3. The Balaban J connectivity index is 4.36. The molecule has 0 bridgehead atoms. The molecule has 0 aromatic heterocycles. The maximum Gasteiger partial charge on any atom is 0.306 e. The van der Waals surface area contributed by atoms with Crippen LogP contribution >= 0.6 is 0 Å². The number of unbranched alkanes of at least 4 members (excludes halogenated alkanes) is 25. The molecule has 3 atom stereocenters. The van der Waals surface area contributed by atoms with Gasteiger partial charge in [-0.25, -0.2) is 0 Å². The van der Waals surface area contributed by atoms with Crippen molar-refractivity contribution in [3.05, 3.63) is 0 Å². The van der Waals surface area contributed by atoms with E-state index < -0.39 is 6.10 Å². The molecule has 0 saturated carbocycles. The summed E-state index contributed by atoms with van der Waals surface area (Å²) < 4.78 is 16.7. The van der Waals surface area contributed by atoms with Gasteiger partial charge >= 0.3 is 17.9 Å². The third-order valence-corrected chi connectivity index (χ3v) is 11.4. The Morgan fingerprint density at radius 3 is 0.963 bits per heavy atom. The lowest BCUT2D eigenvalue weighted by molar-refractivity contribution is -0.167. The summed E-state index contributed by atoms with van der Waals surface area (Å²) in [6.07, 6.45) is 39.3. The van der Waals surface area contributed by atoms with Crippen LogP contribution in [-0.4, -0.2) is 37.2 Å². The first-order valence-corrected chi connectivity index (χ1v) is 23.8. The predicted octanol–water partition coefficient (Wildman–Crippen LogP) is 15.0. The second kappa shape index (κ2) is 41.1. The van der Waals surface area contributed by atoms with E-state index >= 15 is 0 Å². The third-order valence-electron chi connectivity index (χ3n) is 11.4. The van der Waals surface area contributed by atoms with Crippen molar-refractivity contribution in [1.29, 1.82) is 0 Å². The lowest BCUT2D eigenvalue weighted by Gasteiger charge is -2.18. The fourth-order valence-corrected chi connectivity index (χ4v) is 7.04. The molecule has 2 unspecified atom stereocenters. The van der Waals surface area contributed by atoms with Crippen molar-refractivity contribution in [2.45, 2.75) is 265 Å². The van der Waals surface area contributed by atoms with E-state index in [0.29, 0.717) is 19.3 Å². The molecular weight excluding hydrogens is 673 g/mol. The van der Waals surface area contributed by atoms with Gasteiger partial charge < -0.3 is 14.2 Å². The Morgan fingerprint density at radius 1 is 0.370 bits per heavy atom. The summed E-state index contributed by atoms with van der Waals surface area (Å²) in [7, 11) is 0. The average Bonchev–Trinajstić information content (AvgIpc) is 3.17. The summed E-state index contributed by atoms with van der Waals surface area (Å²) in [4.78, 5) is 37.8. The number of carbonyl (C=O) groups excluding carboxylic acids is 3. The maximum absolute atomic E-state index is 12.7. The molecule has 0 saturated heterocycles. The zero-order chi connectivity index (χ0) is 39.7. The van der Waals surface area contributed by atoms with Crippen molar-refractivity contribution >= 4 is 17.9 Å². The molecule has 0 heterocycles. The van der Waals surface area contributed by atoms with Crippen LogP contribution in [-0.2, 0) is 28.6 Å². The maximum atomic E-state index is 12.7. The van der Waals surface area contributed by atoms with Gasteiger partial charge in [-0.1, -0.05) is 221 Å². The standard InChI is InChI=1S/C48H92O6/c1-6-9-10-11-12-13-14-15-16-23-28-33-38-46(49)52-41-45(54-48(51)40-35-30-25-20-18-22-27-32-37-44(5)8-3)42-53-47(50)39-34-29-24-19-17-21-26-31-36-43(4)7-2/h43-45H,6-42H2,1-5H3/t43?,44?,45-/m1/s1. The highest BCUT2D eigenvalue weighted by Crippen LogP contribution is 2.18. The van der Waals surface area contributed by atoms with Crippen LogP contribution in [0.4, 0.5) is 0 Å². The molecule has 0 spiro atoms. The fourth-order valence-electron chi connectivity index (χ4n) is 7.04. The lowest BCUT2D eigenvalue weighted by atomic mass is 9.99. The van der Waals surface area contributed by atoms with Crippen LogP contribution in [0.3, 0.4) is 0 Å². The van der Waals surface area contributed by atoms with Crippen molar-refractivity contribution in [2.75, 3.05) is 13.2 Å². The molecule has 0 aliphatic carbocycles. The zero-order valence-electron chi connectivity index (χ0n) is 36.8. The Labute approximate surface area is 336 Å². The number of carbonyl (C=O) groups is 3. The molecule has 54 heavy (non-hydrogen) atoms. The second-order valence-electron chi connectivity index (χ2n) is 16.9. The van der Waals surface area contributed by atoms with Gasteiger partial charge in [-0.05, 0) is 31.1 Å². The Hall–Kier alpha value is -1.59. The number of rotatable bonds is 42. The molecule has 0 aliphatic heterocycles. The second-order valence-corrected chi connectivity index (χ2v) is 16.9. The molecule has 6 nitrogen and oxygen atoms in total. The minimum Gasteiger partial charge on any atom is -0.462 e. The monoisotopic (exact) mass is 765 g/mol. The van der Waals surface area contributed by atoms with Crippen LogP contribution in [0.25, 0.3) is 0 Å². The normalized spacial score (nSPS) is 13.1. The van der Waals surface area contributed by atoms with Gasteiger partial charge in [0.25, 0.3) is 0 Å². The fraction of sp³-hybridized carbons (Fsp3) is 0.938. The molecule has 0 radical (unpaired) electrons. The van der Waals surface area contributed by atoms with Gasteiger partial charge in [0.1, 0.15) is 13.2 Å². The SMILES string of the molecule is CCCCCCCCCCCCCCC(=O)OC[C@H](COC(=O)CCCCCCCCCCC(C)CC)OC(=O)CCCCCCCCCCC(C)CC. The summed E-state index contributed by atoms with van der Waals surface area (Å²) in [6, 6.07) is 0.